The van der Waals surface area contributed by atoms with E-state index in [4.69, 9.17) is 23.2 Å². The van der Waals surface area contributed by atoms with Gasteiger partial charge in [0.2, 0.25) is 16.0 Å². The third-order valence-corrected chi connectivity index (χ3v) is 5.86. The van der Waals surface area contributed by atoms with E-state index in [1.54, 1.807) is 18.2 Å². The van der Waals surface area contributed by atoms with Crippen molar-refractivity contribution >= 4 is 56.4 Å². The minimum absolute atomic E-state index is 0.0818. The van der Waals surface area contributed by atoms with Gasteiger partial charge in [0, 0.05) is 11.6 Å². The second kappa shape index (κ2) is 8.74. The molecule has 3 rings (SSSR count). The molecule has 1 aromatic heterocycles. The lowest BCUT2D eigenvalue weighted by molar-refractivity contribution is 0.588. The maximum atomic E-state index is 12.2. The highest BCUT2D eigenvalue weighted by Gasteiger charge is 2.17. The van der Waals surface area contributed by atoms with Gasteiger partial charge in [0.05, 0.1) is 11.9 Å². The third kappa shape index (κ3) is 4.71. The normalized spacial score (nSPS) is 11.2. The van der Waals surface area contributed by atoms with Gasteiger partial charge >= 0.3 is 0 Å². The Kier molecular flexibility index (Phi) is 6.35. The molecular formula is C18H17Cl2N5O2S. The van der Waals surface area contributed by atoms with Crippen molar-refractivity contribution in [2.24, 2.45) is 0 Å². The standard InChI is InChI=1S/C18H17Cl2N5O2S/c1-21-28(26,27)16-5-3-2-4-15(16)24-17-14(20)11-22-18(25-17)23-13-8-6-12(10-19)7-9-13/h2-9,11,21H,10H2,1H3,(H2,22,23,24,25). The number of aromatic nitrogens is 2. The van der Waals surface area contributed by atoms with Crippen molar-refractivity contribution in [2.75, 3.05) is 17.7 Å². The van der Waals surface area contributed by atoms with E-state index in [-0.39, 0.29) is 15.7 Å². The molecule has 0 spiro atoms. The quantitative estimate of drug-likeness (QED) is 0.477. The summed E-state index contributed by atoms with van der Waals surface area (Å²) in [5, 5.41) is 6.29. The number of hydrogen-bond donors (Lipinski definition) is 3. The van der Waals surface area contributed by atoms with Crippen molar-refractivity contribution in [2.45, 2.75) is 10.8 Å². The summed E-state index contributed by atoms with van der Waals surface area (Å²) in [4.78, 5) is 8.58. The summed E-state index contributed by atoms with van der Waals surface area (Å²) in [5.41, 5.74) is 2.11. The summed E-state index contributed by atoms with van der Waals surface area (Å²) >= 11 is 12.0. The van der Waals surface area contributed by atoms with Crippen LogP contribution in [0.15, 0.2) is 59.6 Å². The fraction of sp³-hybridized carbons (Fsp3) is 0.111. The number of halogens is 2. The Hall–Kier alpha value is -2.39. The molecule has 0 atom stereocenters. The summed E-state index contributed by atoms with van der Waals surface area (Å²) in [7, 11) is -2.30. The molecule has 0 saturated carbocycles. The summed E-state index contributed by atoms with van der Waals surface area (Å²) < 4.78 is 26.7. The van der Waals surface area contributed by atoms with Crippen LogP contribution < -0.4 is 15.4 Å². The topological polar surface area (TPSA) is 96.0 Å². The van der Waals surface area contributed by atoms with E-state index in [2.05, 4.69) is 25.3 Å². The first-order valence-corrected chi connectivity index (χ1v) is 10.6. The van der Waals surface area contributed by atoms with Gasteiger partial charge < -0.3 is 10.6 Å². The molecule has 2 aromatic carbocycles. The molecule has 0 fully saturated rings. The molecule has 3 N–H and O–H groups in total. The number of rotatable bonds is 7. The molecule has 0 aliphatic rings. The molecular weight excluding hydrogens is 421 g/mol. The number of hydrogen-bond acceptors (Lipinski definition) is 6. The highest BCUT2D eigenvalue weighted by molar-refractivity contribution is 7.89. The van der Waals surface area contributed by atoms with Crippen molar-refractivity contribution in [1.82, 2.24) is 14.7 Å². The van der Waals surface area contributed by atoms with Gasteiger partial charge in [-0.2, -0.15) is 4.98 Å². The molecule has 7 nitrogen and oxygen atoms in total. The van der Waals surface area contributed by atoms with Gasteiger partial charge in [-0.05, 0) is 36.9 Å². The molecule has 0 radical (unpaired) electrons. The molecule has 28 heavy (non-hydrogen) atoms. The Morgan fingerprint density at radius 1 is 1.04 bits per heavy atom. The number of nitrogens with one attached hydrogen (secondary N) is 3. The van der Waals surface area contributed by atoms with E-state index in [0.29, 0.717) is 17.5 Å². The minimum Gasteiger partial charge on any atom is -0.338 e. The lowest BCUT2D eigenvalue weighted by atomic mass is 10.2. The average Bonchev–Trinajstić information content (AvgIpc) is 2.71. The molecule has 0 saturated heterocycles. The van der Waals surface area contributed by atoms with Gasteiger partial charge in [0.15, 0.2) is 5.82 Å². The Morgan fingerprint density at radius 2 is 1.75 bits per heavy atom. The maximum Gasteiger partial charge on any atom is 0.242 e. The number of sulfonamides is 1. The highest BCUT2D eigenvalue weighted by Crippen LogP contribution is 2.28. The molecule has 0 amide bonds. The Labute approximate surface area is 173 Å². The summed E-state index contributed by atoms with van der Waals surface area (Å²) in [6.07, 6.45) is 1.43. The van der Waals surface area contributed by atoms with Gasteiger partial charge in [-0.25, -0.2) is 18.1 Å². The number of para-hydroxylation sites is 1. The lowest BCUT2D eigenvalue weighted by Gasteiger charge is -2.13. The third-order valence-electron chi connectivity index (χ3n) is 3.81. The Balaban J connectivity index is 1.89. The van der Waals surface area contributed by atoms with Crippen LogP contribution in [0.3, 0.4) is 0 Å². The molecule has 0 aliphatic heterocycles. The monoisotopic (exact) mass is 437 g/mol. The van der Waals surface area contributed by atoms with Crippen LogP contribution in [0.4, 0.5) is 23.1 Å². The van der Waals surface area contributed by atoms with Crippen LogP contribution in [0.25, 0.3) is 0 Å². The molecule has 3 aromatic rings. The fourth-order valence-electron chi connectivity index (χ4n) is 2.36. The van der Waals surface area contributed by atoms with Crippen LogP contribution in [0.5, 0.6) is 0 Å². The zero-order valence-electron chi connectivity index (χ0n) is 14.8. The van der Waals surface area contributed by atoms with E-state index >= 15 is 0 Å². The number of anilines is 4. The van der Waals surface area contributed by atoms with Crippen LogP contribution in [-0.2, 0) is 15.9 Å². The van der Waals surface area contributed by atoms with Gasteiger partial charge in [-0.15, -0.1) is 11.6 Å². The van der Waals surface area contributed by atoms with Crippen LogP contribution in [0.1, 0.15) is 5.56 Å². The van der Waals surface area contributed by atoms with Gasteiger partial charge in [0.1, 0.15) is 9.92 Å². The van der Waals surface area contributed by atoms with Gasteiger partial charge in [-0.1, -0.05) is 35.9 Å². The van der Waals surface area contributed by atoms with E-state index < -0.39 is 10.0 Å². The fourth-order valence-corrected chi connectivity index (χ4v) is 3.57. The van der Waals surface area contributed by atoms with Crippen molar-refractivity contribution in [3.05, 3.63) is 65.3 Å². The lowest BCUT2D eigenvalue weighted by Crippen LogP contribution is -2.19. The van der Waals surface area contributed by atoms with Gasteiger partial charge in [0.25, 0.3) is 0 Å². The minimum atomic E-state index is -3.65. The second-order valence-corrected chi connectivity index (χ2v) is 8.20. The van der Waals surface area contributed by atoms with E-state index in [1.165, 1.54) is 19.3 Å². The molecule has 1 heterocycles. The van der Waals surface area contributed by atoms with Gasteiger partial charge in [-0.3, -0.25) is 0 Å². The number of benzene rings is 2. The summed E-state index contributed by atoms with van der Waals surface area (Å²) in [6.45, 7) is 0. The van der Waals surface area contributed by atoms with Crippen molar-refractivity contribution in [1.29, 1.82) is 0 Å². The predicted molar refractivity (Wildman–Crippen MR) is 112 cm³/mol. The first kappa shape index (κ1) is 20.3. The van der Waals surface area contributed by atoms with Crippen LogP contribution in [0, 0.1) is 0 Å². The highest BCUT2D eigenvalue weighted by atomic mass is 35.5. The second-order valence-electron chi connectivity index (χ2n) is 5.67. The zero-order valence-corrected chi connectivity index (χ0v) is 17.1. The average molecular weight is 438 g/mol. The predicted octanol–water partition coefficient (Wildman–Crippen LogP) is 4.26. The van der Waals surface area contributed by atoms with Crippen LogP contribution in [-0.4, -0.2) is 25.4 Å². The first-order chi connectivity index (χ1) is 13.4. The summed E-state index contributed by atoms with van der Waals surface area (Å²) in [5.74, 6) is 1.01. The largest absolute Gasteiger partial charge is 0.338 e. The van der Waals surface area contributed by atoms with Crippen molar-refractivity contribution in [3.63, 3.8) is 0 Å². The van der Waals surface area contributed by atoms with Crippen LogP contribution >= 0.6 is 23.2 Å². The Bertz CT molecular complexity index is 1080. The van der Waals surface area contributed by atoms with Crippen LogP contribution in [0.2, 0.25) is 5.02 Å². The van der Waals surface area contributed by atoms with E-state index in [1.807, 2.05) is 24.3 Å². The summed E-state index contributed by atoms with van der Waals surface area (Å²) in [6, 6.07) is 14.0. The smallest absolute Gasteiger partial charge is 0.242 e. The molecule has 0 aliphatic carbocycles. The molecule has 10 heteroatoms. The Morgan fingerprint density at radius 3 is 2.43 bits per heavy atom. The first-order valence-electron chi connectivity index (χ1n) is 8.17. The van der Waals surface area contributed by atoms with E-state index in [9.17, 15) is 8.42 Å². The maximum absolute atomic E-state index is 12.2. The number of nitrogens with zero attached hydrogens (tertiary/aromatic N) is 2. The van der Waals surface area contributed by atoms with Crippen molar-refractivity contribution in [3.8, 4) is 0 Å². The van der Waals surface area contributed by atoms with E-state index in [0.717, 1.165) is 11.3 Å². The number of alkyl halides is 1. The SMILES string of the molecule is CNS(=O)(=O)c1ccccc1Nc1nc(Nc2ccc(CCl)cc2)ncc1Cl. The molecule has 0 unspecified atom stereocenters. The zero-order chi connectivity index (χ0) is 20.1. The molecule has 146 valence electrons. The molecule has 0 bridgehead atoms. The van der Waals surface area contributed by atoms with Crippen molar-refractivity contribution < 1.29 is 8.42 Å².